The van der Waals surface area contributed by atoms with Crippen molar-refractivity contribution in [2.75, 3.05) is 47.9 Å². The number of benzene rings is 1. The Kier molecular flexibility index (Phi) is 7.46. The number of nitrogens with zero attached hydrogens (tertiary/aromatic N) is 2. The minimum atomic E-state index is -3.81. The Morgan fingerprint density at radius 2 is 1.96 bits per heavy atom. The average Bonchev–Trinajstić information content (AvgIpc) is 3.15. The molecule has 0 aliphatic carbocycles. The summed E-state index contributed by atoms with van der Waals surface area (Å²) in [4.78, 5) is 14.7. The number of methoxy groups -OCH3 is 2. The van der Waals surface area contributed by atoms with Crippen molar-refractivity contribution in [2.45, 2.75) is 30.2 Å². The summed E-state index contributed by atoms with van der Waals surface area (Å²) in [6, 6.07) is 3.78. The van der Waals surface area contributed by atoms with E-state index in [9.17, 15) is 13.2 Å². The van der Waals surface area contributed by atoms with Crippen LogP contribution in [0.1, 0.15) is 19.3 Å². The van der Waals surface area contributed by atoms with Crippen LogP contribution >= 0.6 is 0 Å². The van der Waals surface area contributed by atoms with Gasteiger partial charge >= 0.3 is 0 Å². The highest BCUT2D eigenvalue weighted by atomic mass is 32.2. The topological polar surface area (TPSA) is 88.2 Å². The summed E-state index contributed by atoms with van der Waals surface area (Å²) in [5, 5.41) is 2.86. The van der Waals surface area contributed by atoms with Crippen LogP contribution in [0.4, 0.5) is 0 Å². The summed E-state index contributed by atoms with van der Waals surface area (Å²) in [7, 11) is 3.07. The standard InChI is InChI=1S/C18H29N3O5S/c1-20(2)11-6-10-19-18(22)15-7-5-12-21(15)27(23,24)14-8-9-16(25-3)17(13-14)26-4/h8-9,13,15H,5-7,10-12H2,1-4H3,(H,19,22). The molecule has 27 heavy (non-hydrogen) atoms. The monoisotopic (exact) mass is 399 g/mol. The third-order valence-corrected chi connectivity index (χ3v) is 6.45. The van der Waals surface area contributed by atoms with Crippen molar-refractivity contribution in [1.29, 1.82) is 0 Å². The molecule has 1 heterocycles. The van der Waals surface area contributed by atoms with Gasteiger partial charge in [0, 0.05) is 19.2 Å². The second-order valence-corrected chi connectivity index (χ2v) is 8.63. The van der Waals surface area contributed by atoms with Gasteiger partial charge in [0.25, 0.3) is 0 Å². The summed E-state index contributed by atoms with van der Waals surface area (Å²) in [5.74, 6) is 0.547. The van der Waals surface area contributed by atoms with Crippen molar-refractivity contribution in [3.05, 3.63) is 18.2 Å². The largest absolute Gasteiger partial charge is 0.493 e. The Morgan fingerprint density at radius 1 is 1.26 bits per heavy atom. The number of ether oxygens (including phenoxy) is 2. The van der Waals surface area contributed by atoms with Crippen LogP contribution in [0.2, 0.25) is 0 Å². The van der Waals surface area contributed by atoms with E-state index < -0.39 is 16.1 Å². The quantitative estimate of drug-likeness (QED) is 0.622. The van der Waals surface area contributed by atoms with Crippen LogP contribution in [0.25, 0.3) is 0 Å². The first-order chi connectivity index (χ1) is 12.8. The molecule has 152 valence electrons. The van der Waals surface area contributed by atoms with Crippen LogP contribution in [-0.2, 0) is 14.8 Å². The van der Waals surface area contributed by atoms with Crippen molar-refractivity contribution in [2.24, 2.45) is 0 Å². The highest BCUT2D eigenvalue weighted by molar-refractivity contribution is 7.89. The normalized spacial score (nSPS) is 17.9. The molecule has 8 nitrogen and oxygen atoms in total. The average molecular weight is 400 g/mol. The molecule has 1 saturated heterocycles. The van der Waals surface area contributed by atoms with Crippen LogP contribution in [0.3, 0.4) is 0 Å². The van der Waals surface area contributed by atoms with E-state index in [0.29, 0.717) is 37.4 Å². The molecular formula is C18H29N3O5S. The Balaban J connectivity index is 2.13. The van der Waals surface area contributed by atoms with Crippen molar-refractivity contribution in [3.8, 4) is 11.5 Å². The number of nitrogens with one attached hydrogen (secondary N) is 1. The number of hydrogen-bond donors (Lipinski definition) is 1. The van der Waals surface area contributed by atoms with Gasteiger partial charge < -0.3 is 19.7 Å². The second kappa shape index (κ2) is 9.38. The molecule has 1 fully saturated rings. The predicted octanol–water partition coefficient (Wildman–Crippen LogP) is 0.925. The van der Waals surface area contributed by atoms with Gasteiger partial charge in [-0.05, 0) is 52.0 Å². The number of hydrogen-bond acceptors (Lipinski definition) is 6. The zero-order valence-electron chi connectivity index (χ0n) is 16.4. The molecule has 0 radical (unpaired) electrons. The van der Waals surface area contributed by atoms with Gasteiger partial charge in [-0.25, -0.2) is 8.42 Å². The van der Waals surface area contributed by atoms with Gasteiger partial charge in [0.2, 0.25) is 15.9 Å². The molecule has 1 unspecified atom stereocenters. The van der Waals surface area contributed by atoms with Gasteiger partial charge in [0.05, 0.1) is 19.1 Å². The fourth-order valence-corrected chi connectivity index (χ4v) is 4.80. The van der Waals surface area contributed by atoms with E-state index in [1.807, 2.05) is 19.0 Å². The molecule has 0 spiro atoms. The van der Waals surface area contributed by atoms with Crippen molar-refractivity contribution in [3.63, 3.8) is 0 Å². The van der Waals surface area contributed by atoms with E-state index in [0.717, 1.165) is 13.0 Å². The number of carbonyl (C=O) groups excluding carboxylic acids is 1. The first-order valence-electron chi connectivity index (χ1n) is 8.97. The van der Waals surface area contributed by atoms with E-state index in [1.54, 1.807) is 6.07 Å². The van der Waals surface area contributed by atoms with Gasteiger partial charge in [-0.15, -0.1) is 0 Å². The molecule has 1 aromatic rings. The summed E-state index contributed by atoms with van der Waals surface area (Å²) < 4.78 is 37.8. The molecule has 9 heteroatoms. The van der Waals surface area contributed by atoms with Crippen molar-refractivity contribution >= 4 is 15.9 Å². The lowest BCUT2D eigenvalue weighted by Gasteiger charge is -2.24. The third kappa shape index (κ3) is 5.12. The summed E-state index contributed by atoms with van der Waals surface area (Å²) >= 11 is 0. The highest BCUT2D eigenvalue weighted by Crippen LogP contribution is 2.33. The molecule has 0 bridgehead atoms. The van der Waals surface area contributed by atoms with E-state index in [4.69, 9.17) is 9.47 Å². The minimum Gasteiger partial charge on any atom is -0.493 e. The first-order valence-corrected chi connectivity index (χ1v) is 10.4. The van der Waals surface area contributed by atoms with Crippen LogP contribution in [0.5, 0.6) is 11.5 Å². The SMILES string of the molecule is COc1ccc(S(=O)(=O)N2CCCC2C(=O)NCCCN(C)C)cc1OC. The molecule has 1 N–H and O–H groups in total. The van der Waals surface area contributed by atoms with Gasteiger partial charge in [-0.2, -0.15) is 4.31 Å². The van der Waals surface area contributed by atoms with Crippen LogP contribution in [-0.4, -0.2) is 77.5 Å². The second-order valence-electron chi connectivity index (χ2n) is 6.74. The summed E-state index contributed by atoms with van der Waals surface area (Å²) in [6.07, 6.45) is 1.99. The molecule has 1 aliphatic heterocycles. The predicted molar refractivity (Wildman–Crippen MR) is 103 cm³/mol. The minimum absolute atomic E-state index is 0.0902. The third-order valence-electron chi connectivity index (χ3n) is 4.55. The van der Waals surface area contributed by atoms with Gasteiger partial charge in [-0.1, -0.05) is 0 Å². The molecule has 1 amide bonds. The maximum Gasteiger partial charge on any atom is 0.243 e. The van der Waals surface area contributed by atoms with Crippen LogP contribution in [0.15, 0.2) is 23.1 Å². The highest BCUT2D eigenvalue weighted by Gasteiger charge is 2.39. The lowest BCUT2D eigenvalue weighted by Crippen LogP contribution is -2.46. The molecule has 1 atom stereocenters. The molecule has 2 rings (SSSR count). The number of sulfonamides is 1. The van der Waals surface area contributed by atoms with Crippen LogP contribution in [0, 0.1) is 0 Å². The van der Waals surface area contributed by atoms with Gasteiger partial charge in [0.1, 0.15) is 6.04 Å². The lowest BCUT2D eigenvalue weighted by molar-refractivity contribution is -0.124. The van der Waals surface area contributed by atoms with E-state index in [2.05, 4.69) is 5.32 Å². The Morgan fingerprint density at radius 3 is 2.59 bits per heavy atom. The molecule has 0 aromatic heterocycles. The van der Waals surface area contributed by atoms with Crippen molar-refractivity contribution < 1.29 is 22.7 Å². The molecule has 1 aliphatic rings. The Labute approximate surface area is 161 Å². The maximum atomic E-state index is 13.1. The number of amides is 1. The van der Waals surface area contributed by atoms with Crippen molar-refractivity contribution in [1.82, 2.24) is 14.5 Å². The lowest BCUT2D eigenvalue weighted by atomic mass is 10.2. The fraction of sp³-hybridized carbons (Fsp3) is 0.611. The number of rotatable bonds is 9. The summed E-state index contributed by atoms with van der Waals surface area (Å²) in [5.41, 5.74) is 0. The zero-order chi connectivity index (χ0) is 20.0. The van der Waals surface area contributed by atoms with Gasteiger partial charge in [-0.3, -0.25) is 4.79 Å². The van der Waals surface area contributed by atoms with E-state index >= 15 is 0 Å². The number of carbonyl (C=O) groups is 1. The Hall–Kier alpha value is -1.84. The smallest absolute Gasteiger partial charge is 0.243 e. The molecule has 1 aromatic carbocycles. The van der Waals surface area contributed by atoms with Crippen LogP contribution < -0.4 is 14.8 Å². The molecule has 0 saturated carbocycles. The first kappa shape index (κ1) is 21.5. The van der Waals surface area contributed by atoms with E-state index in [-0.39, 0.29) is 10.8 Å². The van der Waals surface area contributed by atoms with E-state index in [1.165, 1.54) is 30.7 Å². The zero-order valence-corrected chi connectivity index (χ0v) is 17.2. The molecular weight excluding hydrogens is 370 g/mol. The summed E-state index contributed by atoms with van der Waals surface area (Å²) in [6.45, 7) is 1.71. The maximum absolute atomic E-state index is 13.1. The Bertz CT molecular complexity index is 751. The van der Waals surface area contributed by atoms with Gasteiger partial charge in [0.15, 0.2) is 11.5 Å². The fourth-order valence-electron chi connectivity index (χ4n) is 3.13.